The zero-order valence-corrected chi connectivity index (χ0v) is 11.1. The molecule has 1 N–H and O–H groups in total. The van der Waals surface area contributed by atoms with Gasteiger partial charge in [0, 0.05) is 18.3 Å². The lowest BCUT2D eigenvalue weighted by Crippen LogP contribution is -2.40. The number of hydrogen-bond acceptors (Lipinski definition) is 5. The van der Waals surface area contributed by atoms with Gasteiger partial charge in [0.05, 0.1) is 10.5 Å². The van der Waals surface area contributed by atoms with E-state index in [1.807, 2.05) is 0 Å². The molecule has 0 aliphatic rings. The molecule has 7 nitrogen and oxygen atoms in total. The van der Waals surface area contributed by atoms with Crippen LogP contribution < -0.4 is 4.90 Å². The minimum atomic E-state index is -4.58. The van der Waals surface area contributed by atoms with Gasteiger partial charge in [-0.2, -0.15) is 13.2 Å². The Labute approximate surface area is 117 Å². The smallest absolute Gasteiger partial charge is 0.405 e. The predicted octanol–water partition coefficient (Wildman–Crippen LogP) is 2.47. The van der Waals surface area contributed by atoms with Crippen molar-refractivity contribution in [2.24, 2.45) is 0 Å². The molecule has 0 aliphatic carbocycles. The Morgan fingerprint density at radius 2 is 2.10 bits per heavy atom. The summed E-state index contributed by atoms with van der Waals surface area (Å²) < 4.78 is 37.7. The predicted molar refractivity (Wildman–Crippen MR) is 66.4 cm³/mol. The SMILES string of the molecule is CC(C)N(CC(F)(F)F)c1ncc(C(=O)O)cc1[N+](=O)[O-]. The fourth-order valence-electron chi connectivity index (χ4n) is 1.61. The lowest BCUT2D eigenvalue weighted by Gasteiger charge is -2.28. The number of alkyl halides is 3. The van der Waals surface area contributed by atoms with Gasteiger partial charge in [-0.1, -0.05) is 0 Å². The number of rotatable bonds is 5. The Morgan fingerprint density at radius 1 is 1.52 bits per heavy atom. The number of halogens is 3. The molecule has 116 valence electrons. The molecule has 1 heterocycles. The summed E-state index contributed by atoms with van der Waals surface area (Å²) in [5.74, 6) is -1.97. The molecule has 21 heavy (non-hydrogen) atoms. The number of hydrogen-bond donors (Lipinski definition) is 1. The first kappa shape index (κ1) is 16.7. The molecule has 1 aromatic rings. The number of carboxylic acids is 1. The van der Waals surface area contributed by atoms with Gasteiger partial charge < -0.3 is 10.0 Å². The van der Waals surface area contributed by atoms with Crippen LogP contribution in [-0.4, -0.2) is 39.7 Å². The van der Waals surface area contributed by atoms with Crippen molar-refractivity contribution < 1.29 is 28.0 Å². The van der Waals surface area contributed by atoms with Crippen molar-refractivity contribution in [2.45, 2.75) is 26.1 Å². The third kappa shape index (κ3) is 4.29. The number of carboxylic acid groups (broad SMARTS) is 1. The first-order valence-electron chi connectivity index (χ1n) is 5.74. The molecule has 0 spiro atoms. The van der Waals surface area contributed by atoms with Gasteiger partial charge in [0.1, 0.15) is 6.54 Å². The van der Waals surface area contributed by atoms with Crippen LogP contribution in [0, 0.1) is 10.1 Å². The van der Waals surface area contributed by atoms with Crippen LogP contribution in [0.4, 0.5) is 24.7 Å². The van der Waals surface area contributed by atoms with E-state index in [0.717, 1.165) is 6.20 Å². The van der Waals surface area contributed by atoms with Gasteiger partial charge in [0.25, 0.3) is 0 Å². The molecule has 0 radical (unpaired) electrons. The maximum atomic E-state index is 12.6. The normalized spacial score (nSPS) is 11.5. The third-order valence-electron chi connectivity index (χ3n) is 2.54. The summed E-state index contributed by atoms with van der Waals surface area (Å²) in [4.78, 5) is 25.0. The maximum Gasteiger partial charge on any atom is 0.405 e. The summed E-state index contributed by atoms with van der Waals surface area (Å²) in [5, 5.41) is 19.7. The average Bonchev–Trinajstić information content (AvgIpc) is 2.33. The summed E-state index contributed by atoms with van der Waals surface area (Å²) in [7, 11) is 0. The molecule has 0 amide bonds. The molecule has 0 bridgehead atoms. The van der Waals surface area contributed by atoms with Crippen LogP contribution in [0.15, 0.2) is 12.3 Å². The van der Waals surface area contributed by atoms with Crippen LogP contribution in [0.25, 0.3) is 0 Å². The molecule has 0 atom stereocenters. The molecule has 1 aromatic heterocycles. The highest BCUT2D eigenvalue weighted by Gasteiger charge is 2.35. The van der Waals surface area contributed by atoms with Crippen molar-refractivity contribution in [1.29, 1.82) is 0 Å². The minimum absolute atomic E-state index is 0.471. The second-order valence-corrected chi connectivity index (χ2v) is 4.47. The van der Waals surface area contributed by atoms with Crippen molar-refractivity contribution >= 4 is 17.5 Å². The molecule has 0 saturated heterocycles. The Bertz CT molecular complexity index is 560. The molecule has 10 heteroatoms. The zero-order chi connectivity index (χ0) is 16.4. The van der Waals surface area contributed by atoms with Crippen molar-refractivity contribution in [3.63, 3.8) is 0 Å². The highest BCUT2D eigenvalue weighted by molar-refractivity contribution is 5.88. The Hall–Kier alpha value is -2.39. The lowest BCUT2D eigenvalue weighted by molar-refractivity contribution is -0.384. The first-order valence-corrected chi connectivity index (χ1v) is 5.74. The number of carbonyl (C=O) groups is 1. The molecule has 0 unspecified atom stereocenters. The van der Waals surface area contributed by atoms with Crippen LogP contribution in [-0.2, 0) is 0 Å². The zero-order valence-electron chi connectivity index (χ0n) is 11.1. The standard InChI is InChI=1S/C11H12F3N3O4/c1-6(2)16(5-11(12,13)14)9-8(17(20)21)3-7(4-15-9)10(18)19/h3-4,6H,5H2,1-2H3,(H,18,19). The van der Waals surface area contributed by atoms with Gasteiger partial charge in [-0.15, -0.1) is 0 Å². The largest absolute Gasteiger partial charge is 0.478 e. The highest BCUT2D eigenvalue weighted by Crippen LogP contribution is 2.30. The Balaban J connectivity index is 3.37. The van der Waals surface area contributed by atoms with Gasteiger partial charge >= 0.3 is 17.8 Å². The lowest BCUT2D eigenvalue weighted by atomic mass is 10.2. The van der Waals surface area contributed by atoms with Crippen molar-refractivity contribution in [1.82, 2.24) is 4.98 Å². The van der Waals surface area contributed by atoms with E-state index in [-0.39, 0.29) is 0 Å². The van der Waals surface area contributed by atoms with E-state index < -0.39 is 46.7 Å². The van der Waals surface area contributed by atoms with E-state index in [1.54, 1.807) is 0 Å². The topological polar surface area (TPSA) is 96.6 Å². The highest BCUT2D eigenvalue weighted by atomic mass is 19.4. The van der Waals surface area contributed by atoms with Gasteiger partial charge in [-0.25, -0.2) is 9.78 Å². The van der Waals surface area contributed by atoms with Gasteiger partial charge in [-0.05, 0) is 13.8 Å². The molecule has 0 saturated carbocycles. The minimum Gasteiger partial charge on any atom is -0.478 e. The van der Waals surface area contributed by atoms with Crippen molar-refractivity contribution in [3.8, 4) is 0 Å². The number of anilines is 1. The third-order valence-corrected chi connectivity index (χ3v) is 2.54. The quantitative estimate of drug-likeness (QED) is 0.663. The number of nitrogens with zero attached hydrogens (tertiary/aromatic N) is 3. The van der Waals surface area contributed by atoms with Gasteiger partial charge in [-0.3, -0.25) is 10.1 Å². The van der Waals surface area contributed by atoms with E-state index >= 15 is 0 Å². The summed E-state index contributed by atoms with van der Waals surface area (Å²) in [6.45, 7) is 1.41. The van der Waals surface area contributed by atoms with Gasteiger partial charge in [0.15, 0.2) is 0 Å². The number of aromatic nitrogens is 1. The van der Waals surface area contributed by atoms with E-state index in [1.165, 1.54) is 13.8 Å². The summed E-state index contributed by atoms with van der Waals surface area (Å²) in [5.41, 5.74) is -1.26. The van der Waals surface area contributed by atoms with Crippen LogP contribution in [0.3, 0.4) is 0 Å². The maximum absolute atomic E-state index is 12.6. The molecular weight excluding hydrogens is 295 g/mol. The molecular formula is C11H12F3N3O4. The Morgan fingerprint density at radius 3 is 2.48 bits per heavy atom. The molecule has 1 rings (SSSR count). The summed E-state index contributed by atoms with van der Waals surface area (Å²) >= 11 is 0. The van der Waals surface area contributed by atoms with E-state index in [4.69, 9.17) is 5.11 Å². The monoisotopic (exact) mass is 307 g/mol. The number of pyridine rings is 1. The summed E-state index contributed by atoms with van der Waals surface area (Å²) in [6.07, 6.45) is -3.79. The fraction of sp³-hybridized carbons (Fsp3) is 0.455. The number of nitro groups is 1. The van der Waals surface area contributed by atoms with Crippen LogP contribution >= 0.6 is 0 Å². The molecule has 0 aromatic carbocycles. The number of aromatic carboxylic acids is 1. The van der Waals surface area contributed by atoms with Crippen molar-refractivity contribution in [3.05, 3.63) is 27.9 Å². The Kier molecular flexibility index (Phi) is 4.71. The second-order valence-electron chi connectivity index (χ2n) is 4.47. The van der Waals surface area contributed by atoms with E-state index in [2.05, 4.69) is 4.98 Å². The van der Waals surface area contributed by atoms with E-state index in [9.17, 15) is 28.1 Å². The molecule has 0 aliphatic heterocycles. The van der Waals surface area contributed by atoms with Crippen LogP contribution in [0.5, 0.6) is 0 Å². The first-order chi connectivity index (χ1) is 9.53. The summed E-state index contributed by atoms with van der Waals surface area (Å²) in [6, 6.07) is -0.0235. The van der Waals surface area contributed by atoms with Gasteiger partial charge in [0.2, 0.25) is 5.82 Å². The van der Waals surface area contributed by atoms with Crippen LogP contribution in [0.1, 0.15) is 24.2 Å². The van der Waals surface area contributed by atoms with Crippen LogP contribution in [0.2, 0.25) is 0 Å². The fourth-order valence-corrected chi connectivity index (χ4v) is 1.61. The molecule has 0 fully saturated rings. The average molecular weight is 307 g/mol. The second kappa shape index (κ2) is 5.94. The van der Waals surface area contributed by atoms with E-state index in [0.29, 0.717) is 11.0 Å². The van der Waals surface area contributed by atoms with Crippen molar-refractivity contribution in [2.75, 3.05) is 11.4 Å².